The third-order valence-corrected chi connectivity index (χ3v) is 1.71. The Hall–Kier alpha value is -1.03. The van der Waals surface area contributed by atoms with Crippen molar-refractivity contribution in [2.45, 2.75) is 19.8 Å². The minimum absolute atomic E-state index is 0.134. The molecule has 0 radical (unpaired) electrons. The molecule has 4 nitrogen and oxygen atoms in total. The number of carbonyl (C=O) groups is 2. The van der Waals surface area contributed by atoms with E-state index >= 15 is 0 Å². The molecule has 0 aliphatic heterocycles. The molecular formula is C10H15ClO4. The molecule has 0 aromatic carbocycles. The zero-order chi connectivity index (χ0) is 11.7. The second kappa shape index (κ2) is 8.29. The predicted octanol–water partition coefficient (Wildman–Crippen LogP) is 1.67. The first kappa shape index (κ1) is 14.0. The highest BCUT2D eigenvalue weighted by Crippen LogP contribution is 1.96. The second-order valence-electron chi connectivity index (χ2n) is 2.98. The largest absolute Gasteiger partial charge is 0.465 e. The molecule has 0 heterocycles. The average Bonchev–Trinajstić information content (AvgIpc) is 2.22. The van der Waals surface area contributed by atoms with Crippen LogP contribution in [0, 0.1) is 0 Å². The topological polar surface area (TPSA) is 52.6 Å². The van der Waals surface area contributed by atoms with Crippen LogP contribution in [0.5, 0.6) is 0 Å². The molecule has 0 aliphatic rings. The van der Waals surface area contributed by atoms with Crippen molar-refractivity contribution < 1.29 is 19.1 Å². The molecule has 0 aromatic heterocycles. The number of esters is 2. The van der Waals surface area contributed by atoms with Gasteiger partial charge in [-0.1, -0.05) is 6.58 Å². The van der Waals surface area contributed by atoms with E-state index in [0.29, 0.717) is 31.6 Å². The van der Waals surface area contributed by atoms with E-state index < -0.39 is 11.9 Å². The molecular weight excluding hydrogens is 220 g/mol. The predicted molar refractivity (Wildman–Crippen MR) is 56.7 cm³/mol. The van der Waals surface area contributed by atoms with Crippen LogP contribution in [0.15, 0.2) is 12.2 Å². The van der Waals surface area contributed by atoms with Crippen LogP contribution in [-0.2, 0) is 19.1 Å². The fourth-order valence-electron chi connectivity index (χ4n) is 0.717. The molecule has 0 unspecified atom stereocenters. The Kier molecular flexibility index (Phi) is 7.72. The van der Waals surface area contributed by atoms with Crippen LogP contribution in [0.25, 0.3) is 0 Å². The standard InChI is InChI=1S/C10H15ClO4/c1-8(2)10(13)15-6-4-3-5-14-9(12)7-11/h1,3-7H2,2H3. The third kappa shape index (κ3) is 8.00. The summed E-state index contributed by atoms with van der Waals surface area (Å²) >= 11 is 5.21. The minimum Gasteiger partial charge on any atom is -0.465 e. The van der Waals surface area contributed by atoms with Gasteiger partial charge in [0, 0.05) is 5.57 Å². The minimum atomic E-state index is -0.435. The van der Waals surface area contributed by atoms with Gasteiger partial charge in [0.05, 0.1) is 13.2 Å². The highest BCUT2D eigenvalue weighted by molar-refractivity contribution is 6.26. The number of carbonyl (C=O) groups excluding carboxylic acids is 2. The summed E-state index contributed by atoms with van der Waals surface area (Å²) in [5.74, 6) is -0.965. The Bertz CT molecular complexity index is 238. The summed E-state index contributed by atoms with van der Waals surface area (Å²) in [6.45, 7) is 5.65. The zero-order valence-corrected chi connectivity index (χ0v) is 9.51. The third-order valence-electron chi connectivity index (χ3n) is 1.49. The molecule has 0 aromatic rings. The van der Waals surface area contributed by atoms with E-state index in [4.69, 9.17) is 21.1 Å². The lowest BCUT2D eigenvalue weighted by atomic mass is 10.3. The highest BCUT2D eigenvalue weighted by Gasteiger charge is 2.02. The van der Waals surface area contributed by atoms with Gasteiger partial charge in [0.15, 0.2) is 0 Å². The second-order valence-corrected chi connectivity index (χ2v) is 3.24. The van der Waals surface area contributed by atoms with Crippen molar-refractivity contribution in [1.29, 1.82) is 0 Å². The summed E-state index contributed by atoms with van der Waals surface area (Å²) in [7, 11) is 0. The summed E-state index contributed by atoms with van der Waals surface area (Å²) in [4.78, 5) is 21.5. The van der Waals surface area contributed by atoms with E-state index in [0.717, 1.165) is 0 Å². The Morgan fingerprint density at radius 2 is 1.73 bits per heavy atom. The van der Waals surface area contributed by atoms with Gasteiger partial charge in [0.25, 0.3) is 0 Å². The van der Waals surface area contributed by atoms with Gasteiger partial charge in [-0.2, -0.15) is 0 Å². The fraction of sp³-hybridized carbons (Fsp3) is 0.600. The van der Waals surface area contributed by atoms with Crippen LogP contribution >= 0.6 is 11.6 Å². The average molecular weight is 235 g/mol. The van der Waals surface area contributed by atoms with Crippen molar-refractivity contribution in [3.05, 3.63) is 12.2 Å². The maximum absolute atomic E-state index is 10.9. The number of ether oxygens (including phenoxy) is 2. The van der Waals surface area contributed by atoms with Crippen molar-refractivity contribution >= 4 is 23.5 Å². The van der Waals surface area contributed by atoms with Gasteiger partial charge in [-0.15, -0.1) is 11.6 Å². The van der Waals surface area contributed by atoms with Crippen LogP contribution in [0.4, 0.5) is 0 Å². The Morgan fingerprint density at radius 3 is 2.20 bits per heavy atom. The molecule has 0 rings (SSSR count). The van der Waals surface area contributed by atoms with E-state index in [1.807, 2.05) is 0 Å². The maximum atomic E-state index is 10.9. The Labute approximate surface area is 94.2 Å². The summed E-state index contributed by atoms with van der Waals surface area (Å²) in [6.07, 6.45) is 1.29. The van der Waals surface area contributed by atoms with Crippen LogP contribution < -0.4 is 0 Å². The van der Waals surface area contributed by atoms with E-state index in [1.54, 1.807) is 6.92 Å². The van der Waals surface area contributed by atoms with Gasteiger partial charge in [-0.25, -0.2) is 4.79 Å². The van der Waals surface area contributed by atoms with E-state index in [1.165, 1.54) is 0 Å². The van der Waals surface area contributed by atoms with Gasteiger partial charge in [0.2, 0.25) is 0 Å². The Morgan fingerprint density at radius 1 is 1.20 bits per heavy atom. The molecule has 86 valence electrons. The van der Waals surface area contributed by atoms with E-state index in [-0.39, 0.29) is 5.88 Å². The number of rotatable bonds is 7. The van der Waals surface area contributed by atoms with Crippen LogP contribution in [0.1, 0.15) is 19.8 Å². The molecule has 0 aliphatic carbocycles. The van der Waals surface area contributed by atoms with Gasteiger partial charge < -0.3 is 9.47 Å². The SMILES string of the molecule is C=C(C)C(=O)OCCCCOC(=O)CCl. The van der Waals surface area contributed by atoms with Crippen molar-refractivity contribution in [2.75, 3.05) is 19.1 Å². The van der Waals surface area contributed by atoms with Crippen molar-refractivity contribution in [3.63, 3.8) is 0 Å². The molecule has 0 spiro atoms. The van der Waals surface area contributed by atoms with Gasteiger partial charge in [-0.3, -0.25) is 4.79 Å². The number of hydrogen-bond donors (Lipinski definition) is 0. The molecule has 5 heteroatoms. The molecule has 0 saturated heterocycles. The van der Waals surface area contributed by atoms with Gasteiger partial charge in [0.1, 0.15) is 5.88 Å². The normalized spacial score (nSPS) is 9.47. The molecule has 0 N–H and O–H groups in total. The zero-order valence-electron chi connectivity index (χ0n) is 8.75. The first-order chi connectivity index (χ1) is 7.07. The van der Waals surface area contributed by atoms with E-state index in [9.17, 15) is 9.59 Å². The first-order valence-electron chi connectivity index (χ1n) is 4.62. The number of hydrogen-bond acceptors (Lipinski definition) is 4. The smallest absolute Gasteiger partial charge is 0.333 e. The van der Waals surface area contributed by atoms with Gasteiger partial charge >= 0.3 is 11.9 Å². The van der Waals surface area contributed by atoms with Crippen LogP contribution in [-0.4, -0.2) is 31.0 Å². The molecule has 0 saturated carbocycles. The number of halogens is 1. The number of unbranched alkanes of at least 4 members (excludes halogenated alkanes) is 1. The fourth-order valence-corrected chi connectivity index (χ4v) is 0.794. The van der Waals surface area contributed by atoms with Gasteiger partial charge in [-0.05, 0) is 19.8 Å². The molecule has 0 fully saturated rings. The summed E-state index contributed by atoms with van der Waals surface area (Å²) in [5.41, 5.74) is 0.378. The Balaban J connectivity index is 3.29. The van der Waals surface area contributed by atoms with Crippen LogP contribution in [0.3, 0.4) is 0 Å². The monoisotopic (exact) mass is 234 g/mol. The maximum Gasteiger partial charge on any atom is 0.333 e. The number of alkyl halides is 1. The van der Waals surface area contributed by atoms with E-state index in [2.05, 4.69) is 6.58 Å². The lowest BCUT2D eigenvalue weighted by Gasteiger charge is -2.04. The lowest BCUT2D eigenvalue weighted by Crippen LogP contribution is -2.09. The van der Waals surface area contributed by atoms with Crippen molar-refractivity contribution in [2.24, 2.45) is 0 Å². The molecule has 0 bridgehead atoms. The van der Waals surface area contributed by atoms with Crippen molar-refractivity contribution in [3.8, 4) is 0 Å². The summed E-state index contributed by atoms with van der Waals surface area (Å²) in [6, 6.07) is 0. The van der Waals surface area contributed by atoms with Crippen molar-refractivity contribution in [1.82, 2.24) is 0 Å². The highest BCUT2D eigenvalue weighted by atomic mass is 35.5. The molecule has 0 amide bonds. The van der Waals surface area contributed by atoms with Crippen LogP contribution in [0.2, 0.25) is 0 Å². The quantitative estimate of drug-likeness (QED) is 0.291. The molecule has 0 atom stereocenters. The molecule has 15 heavy (non-hydrogen) atoms. The summed E-state index contributed by atoms with van der Waals surface area (Å²) in [5, 5.41) is 0. The summed E-state index contributed by atoms with van der Waals surface area (Å²) < 4.78 is 9.55. The lowest BCUT2D eigenvalue weighted by molar-refractivity contribution is -0.142. The first-order valence-corrected chi connectivity index (χ1v) is 5.15.